The lowest BCUT2D eigenvalue weighted by Crippen LogP contribution is -2.00. The van der Waals surface area contributed by atoms with Crippen molar-refractivity contribution >= 4 is 28.5 Å². The topological polar surface area (TPSA) is 49.9 Å². The van der Waals surface area contributed by atoms with E-state index in [0.29, 0.717) is 9.75 Å². The highest BCUT2D eigenvalue weighted by Crippen LogP contribution is 2.19. The number of carbonyl (C=O) groups is 1. The minimum atomic E-state index is -0.150. The van der Waals surface area contributed by atoms with Crippen LogP contribution in [0.4, 0.5) is 0 Å². The van der Waals surface area contributed by atoms with Gasteiger partial charge in [0.05, 0.1) is 4.88 Å². The summed E-state index contributed by atoms with van der Waals surface area (Å²) in [5.41, 5.74) is 0.774. The molecule has 84 valence electrons. The molecule has 0 saturated heterocycles. The second kappa shape index (κ2) is 4.76. The number of hydrogen-bond donors (Lipinski definition) is 1. The van der Waals surface area contributed by atoms with Crippen LogP contribution in [-0.4, -0.2) is 10.8 Å². The molecular weight excluding hydrogens is 242 g/mol. The molecule has 2 rings (SSSR count). The molecule has 0 saturated carbocycles. The fourth-order valence-corrected chi connectivity index (χ4v) is 3.06. The van der Waals surface area contributed by atoms with Gasteiger partial charge >= 0.3 is 4.87 Å². The summed E-state index contributed by atoms with van der Waals surface area (Å²) in [6.07, 6.45) is 1.66. The zero-order valence-electron chi connectivity index (χ0n) is 8.78. The molecule has 0 atom stereocenters. The van der Waals surface area contributed by atoms with Crippen molar-refractivity contribution < 1.29 is 4.79 Å². The first-order valence-corrected chi connectivity index (χ1v) is 6.72. The summed E-state index contributed by atoms with van der Waals surface area (Å²) in [6, 6.07) is 3.62. The maximum Gasteiger partial charge on any atom is 0.305 e. The molecule has 0 radical (unpaired) electrons. The standard InChI is InChI=1S/C11H11NO2S2/c1-2-4-7-10(16-11(14)12-7)9(13)8-5-3-6-15-8/h3,5-6H,2,4H2,1H3,(H,12,14). The van der Waals surface area contributed by atoms with Crippen LogP contribution in [0.2, 0.25) is 0 Å². The number of carbonyl (C=O) groups excluding carboxylic acids is 1. The fourth-order valence-electron chi connectivity index (χ4n) is 1.49. The van der Waals surface area contributed by atoms with E-state index in [2.05, 4.69) is 4.98 Å². The number of thiazole rings is 1. The molecular formula is C11H11NO2S2. The summed E-state index contributed by atoms with van der Waals surface area (Å²) in [5.74, 6) is -0.0400. The smallest absolute Gasteiger partial charge is 0.305 e. The van der Waals surface area contributed by atoms with Crippen molar-refractivity contribution in [2.45, 2.75) is 19.8 Å². The number of ketones is 1. The van der Waals surface area contributed by atoms with Crippen LogP contribution in [0.1, 0.15) is 33.6 Å². The first-order valence-electron chi connectivity index (χ1n) is 5.02. The lowest BCUT2D eigenvalue weighted by Gasteiger charge is -1.98. The maximum absolute atomic E-state index is 12.1. The van der Waals surface area contributed by atoms with Crippen molar-refractivity contribution in [1.82, 2.24) is 4.98 Å². The quantitative estimate of drug-likeness (QED) is 0.852. The lowest BCUT2D eigenvalue weighted by molar-refractivity contribution is 0.104. The first-order chi connectivity index (χ1) is 7.72. The second-order valence-electron chi connectivity index (χ2n) is 3.38. The number of nitrogens with one attached hydrogen (secondary N) is 1. The van der Waals surface area contributed by atoms with Gasteiger partial charge in [-0.2, -0.15) is 0 Å². The molecule has 0 unspecified atom stereocenters. The summed E-state index contributed by atoms with van der Waals surface area (Å²) < 4.78 is 0. The zero-order valence-corrected chi connectivity index (χ0v) is 10.4. The van der Waals surface area contributed by atoms with Crippen molar-refractivity contribution in [3.63, 3.8) is 0 Å². The van der Waals surface area contributed by atoms with E-state index >= 15 is 0 Å². The predicted molar refractivity (Wildman–Crippen MR) is 66.7 cm³/mol. The van der Waals surface area contributed by atoms with Crippen LogP contribution in [0.5, 0.6) is 0 Å². The molecule has 0 aliphatic rings. The third-order valence-corrected chi connectivity index (χ3v) is 3.97. The third-order valence-electron chi connectivity index (χ3n) is 2.17. The van der Waals surface area contributed by atoms with Gasteiger partial charge in [0.25, 0.3) is 0 Å². The van der Waals surface area contributed by atoms with Crippen LogP contribution >= 0.6 is 22.7 Å². The Morgan fingerprint density at radius 2 is 2.31 bits per heavy atom. The van der Waals surface area contributed by atoms with E-state index in [4.69, 9.17) is 0 Å². The Kier molecular flexibility index (Phi) is 3.36. The number of hydrogen-bond acceptors (Lipinski definition) is 4. The maximum atomic E-state index is 12.1. The molecule has 3 nitrogen and oxygen atoms in total. The second-order valence-corrected chi connectivity index (χ2v) is 5.31. The van der Waals surface area contributed by atoms with Gasteiger partial charge in [0.15, 0.2) is 0 Å². The summed E-state index contributed by atoms with van der Waals surface area (Å²) in [6.45, 7) is 2.02. The number of aromatic nitrogens is 1. The molecule has 0 aliphatic carbocycles. The van der Waals surface area contributed by atoms with Crippen LogP contribution < -0.4 is 4.87 Å². The summed E-state index contributed by atoms with van der Waals surface area (Å²) in [7, 11) is 0. The third kappa shape index (κ3) is 2.15. The normalized spacial score (nSPS) is 10.6. The van der Waals surface area contributed by atoms with Gasteiger partial charge in [-0.3, -0.25) is 9.59 Å². The number of aryl methyl sites for hydroxylation is 1. The van der Waals surface area contributed by atoms with Gasteiger partial charge in [-0.05, 0) is 17.9 Å². The Bertz CT molecular complexity index is 537. The van der Waals surface area contributed by atoms with Crippen molar-refractivity contribution in [2.75, 3.05) is 0 Å². The summed E-state index contributed by atoms with van der Waals surface area (Å²) in [4.78, 5) is 27.2. The molecule has 0 aromatic carbocycles. The summed E-state index contributed by atoms with van der Waals surface area (Å²) in [5, 5.41) is 1.86. The van der Waals surface area contributed by atoms with E-state index in [-0.39, 0.29) is 10.7 Å². The molecule has 0 fully saturated rings. The molecule has 0 amide bonds. The average Bonchev–Trinajstić information content (AvgIpc) is 2.87. The number of aromatic amines is 1. The monoisotopic (exact) mass is 253 g/mol. The Morgan fingerprint density at radius 3 is 2.94 bits per heavy atom. The van der Waals surface area contributed by atoms with Gasteiger partial charge in [0, 0.05) is 5.69 Å². The van der Waals surface area contributed by atoms with Crippen molar-refractivity contribution in [3.05, 3.63) is 42.6 Å². The van der Waals surface area contributed by atoms with Gasteiger partial charge < -0.3 is 4.98 Å². The van der Waals surface area contributed by atoms with E-state index in [1.165, 1.54) is 11.3 Å². The van der Waals surface area contributed by atoms with Crippen LogP contribution in [-0.2, 0) is 6.42 Å². The zero-order chi connectivity index (χ0) is 11.5. The molecule has 16 heavy (non-hydrogen) atoms. The first kappa shape index (κ1) is 11.3. The number of rotatable bonds is 4. The number of H-pyrrole nitrogens is 1. The highest BCUT2D eigenvalue weighted by molar-refractivity contribution is 7.15. The van der Waals surface area contributed by atoms with E-state index < -0.39 is 0 Å². The minimum absolute atomic E-state index is 0.0400. The SMILES string of the molecule is CCCc1[nH]c(=O)sc1C(=O)c1cccs1. The molecule has 5 heteroatoms. The predicted octanol–water partition coefficient (Wildman–Crippen LogP) is 2.68. The van der Waals surface area contributed by atoms with Gasteiger partial charge in [-0.1, -0.05) is 30.7 Å². The lowest BCUT2D eigenvalue weighted by atomic mass is 10.2. The molecule has 2 heterocycles. The van der Waals surface area contributed by atoms with E-state index in [9.17, 15) is 9.59 Å². The van der Waals surface area contributed by atoms with Crippen LogP contribution in [0.3, 0.4) is 0 Å². The van der Waals surface area contributed by atoms with E-state index in [1.54, 1.807) is 6.07 Å². The Balaban J connectivity index is 2.40. The highest BCUT2D eigenvalue weighted by Gasteiger charge is 2.17. The van der Waals surface area contributed by atoms with Crippen molar-refractivity contribution in [2.24, 2.45) is 0 Å². The van der Waals surface area contributed by atoms with E-state index in [0.717, 1.165) is 29.9 Å². The van der Waals surface area contributed by atoms with Crippen molar-refractivity contribution in [3.8, 4) is 0 Å². The molecule has 0 bridgehead atoms. The van der Waals surface area contributed by atoms with Gasteiger partial charge in [0.2, 0.25) is 5.78 Å². The Labute approximate surface area is 101 Å². The molecule has 2 aromatic rings. The minimum Gasteiger partial charge on any atom is -0.316 e. The fraction of sp³-hybridized carbons (Fsp3) is 0.273. The highest BCUT2D eigenvalue weighted by atomic mass is 32.1. The van der Waals surface area contributed by atoms with Crippen LogP contribution in [0, 0.1) is 0 Å². The summed E-state index contributed by atoms with van der Waals surface area (Å²) >= 11 is 2.41. The van der Waals surface area contributed by atoms with Gasteiger partial charge in [-0.15, -0.1) is 11.3 Å². The Hall–Kier alpha value is -1.20. The van der Waals surface area contributed by atoms with Crippen LogP contribution in [0.25, 0.3) is 0 Å². The average molecular weight is 253 g/mol. The van der Waals surface area contributed by atoms with Crippen LogP contribution in [0.15, 0.2) is 22.3 Å². The Morgan fingerprint density at radius 1 is 1.50 bits per heavy atom. The molecule has 1 N–H and O–H groups in total. The molecule has 2 aromatic heterocycles. The molecule has 0 aliphatic heterocycles. The van der Waals surface area contributed by atoms with E-state index in [1.807, 2.05) is 18.4 Å². The van der Waals surface area contributed by atoms with Gasteiger partial charge in [-0.25, -0.2) is 0 Å². The van der Waals surface area contributed by atoms with Gasteiger partial charge in [0.1, 0.15) is 4.88 Å². The number of thiophene rings is 1. The molecule has 0 spiro atoms. The largest absolute Gasteiger partial charge is 0.316 e. The van der Waals surface area contributed by atoms with Crippen molar-refractivity contribution in [1.29, 1.82) is 0 Å².